The molecule has 106 valence electrons. The van der Waals surface area contributed by atoms with Crippen molar-refractivity contribution in [1.29, 1.82) is 0 Å². The zero-order valence-corrected chi connectivity index (χ0v) is 11.4. The first-order valence-corrected chi connectivity index (χ1v) is 6.36. The van der Waals surface area contributed by atoms with Gasteiger partial charge in [0.15, 0.2) is 11.5 Å². The summed E-state index contributed by atoms with van der Waals surface area (Å²) in [5.74, 6) is 1.36. The third-order valence-corrected chi connectivity index (χ3v) is 3.07. The zero-order chi connectivity index (χ0) is 14.4. The predicted octanol–water partition coefficient (Wildman–Crippen LogP) is 2.26. The Balaban J connectivity index is 2.11. The number of ether oxygens (including phenoxy) is 2. The van der Waals surface area contributed by atoms with Crippen LogP contribution in [0.2, 0.25) is 0 Å². The van der Waals surface area contributed by atoms with Crippen molar-refractivity contribution in [3.8, 4) is 11.5 Å². The number of aliphatic hydroxyl groups excluding tert-OH is 2. The molecule has 4 nitrogen and oxygen atoms in total. The minimum absolute atomic E-state index is 0.0798. The molecule has 0 unspecified atom stereocenters. The maximum absolute atomic E-state index is 9.27. The summed E-state index contributed by atoms with van der Waals surface area (Å²) in [7, 11) is 1.60. The van der Waals surface area contributed by atoms with Gasteiger partial charge in [-0.3, -0.25) is 0 Å². The van der Waals surface area contributed by atoms with Crippen molar-refractivity contribution < 1.29 is 19.7 Å². The molecule has 0 aliphatic rings. The Kier molecular flexibility index (Phi) is 4.98. The van der Waals surface area contributed by atoms with Crippen LogP contribution >= 0.6 is 0 Å². The van der Waals surface area contributed by atoms with Crippen LogP contribution in [0.25, 0.3) is 0 Å². The second-order valence-corrected chi connectivity index (χ2v) is 4.36. The van der Waals surface area contributed by atoms with E-state index in [1.807, 2.05) is 36.4 Å². The second-order valence-electron chi connectivity index (χ2n) is 4.36. The summed E-state index contributed by atoms with van der Waals surface area (Å²) in [5, 5.41) is 18.4. The quantitative estimate of drug-likeness (QED) is 0.848. The van der Waals surface area contributed by atoms with Gasteiger partial charge in [-0.15, -0.1) is 0 Å². The first-order valence-electron chi connectivity index (χ1n) is 6.36. The van der Waals surface area contributed by atoms with Gasteiger partial charge in [0.2, 0.25) is 0 Å². The van der Waals surface area contributed by atoms with E-state index in [0.717, 1.165) is 11.1 Å². The molecule has 20 heavy (non-hydrogen) atoms. The molecule has 2 rings (SSSR count). The van der Waals surface area contributed by atoms with E-state index in [0.29, 0.717) is 23.7 Å². The summed E-state index contributed by atoms with van der Waals surface area (Å²) in [6, 6.07) is 12.9. The topological polar surface area (TPSA) is 58.9 Å². The van der Waals surface area contributed by atoms with Gasteiger partial charge in [0, 0.05) is 0 Å². The SMILES string of the molecule is COc1ccccc1OCc1ccc(CO)c(CO)c1. The van der Waals surface area contributed by atoms with Crippen LogP contribution in [0.1, 0.15) is 16.7 Å². The van der Waals surface area contributed by atoms with E-state index in [1.54, 1.807) is 13.2 Å². The lowest BCUT2D eigenvalue weighted by Crippen LogP contribution is -2.01. The van der Waals surface area contributed by atoms with Gasteiger partial charge in [-0.2, -0.15) is 0 Å². The molecule has 0 aromatic heterocycles. The lowest BCUT2D eigenvalue weighted by molar-refractivity contribution is 0.258. The summed E-state index contributed by atoms with van der Waals surface area (Å²) in [5.41, 5.74) is 2.37. The van der Waals surface area contributed by atoms with Gasteiger partial charge in [-0.25, -0.2) is 0 Å². The molecule has 0 atom stereocenters. The first-order chi connectivity index (χ1) is 9.78. The molecule has 0 heterocycles. The van der Waals surface area contributed by atoms with Crippen molar-refractivity contribution in [2.24, 2.45) is 0 Å². The number of methoxy groups -OCH3 is 1. The number of hydrogen-bond acceptors (Lipinski definition) is 4. The molecule has 0 amide bonds. The predicted molar refractivity (Wildman–Crippen MR) is 75.6 cm³/mol. The van der Waals surface area contributed by atoms with Crippen LogP contribution in [-0.4, -0.2) is 17.3 Å². The Labute approximate surface area is 118 Å². The Hall–Kier alpha value is -2.04. The van der Waals surface area contributed by atoms with Crippen LogP contribution in [-0.2, 0) is 19.8 Å². The third kappa shape index (κ3) is 3.29. The lowest BCUT2D eigenvalue weighted by atomic mass is 10.1. The van der Waals surface area contributed by atoms with Gasteiger partial charge in [0.1, 0.15) is 6.61 Å². The maximum atomic E-state index is 9.27. The highest BCUT2D eigenvalue weighted by Gasteiger charge is 2.05. The highest BCUT2D eigenvalue weighted by Crippen LogP contribution is 2.26. The number of hydrogen-bond donors (Lipinski definition) is 2. The molecule has 2 aromatic carbocycles. The summed E-state index contributed by atoms with van der Waals surface area (Å²) in [4.78, 5) is 0. The summed E-state index contributed by atoms with van der Waals surface area (Å²) in [6.07, 6.45) is 0. The maximum Gasteiger partial charge on any atom is 0.161 e. The molecule has 0 fully saturated rings. The van der Waals surface area contributed by atoms with E-state index in [2.05, 4.69) is 0 Å². The first kappa shape index (κ1) is 14.4. The van der Waals surface area contributed by atoms with Gasteiger partial charge in [0.25, 0.3) is 0 Å². The highest BCUT2D eigenvalue weighted by molar-refractivity contribution is 5.39. The van der Waals surface area contributed by atoms with Crippen molar-refractivity contribution in [3.63, 3.8) is 0 Å². The number of aliphatic hydroxyl groups is 2. The average Bonchev–Trinajstić information content (AvgIpc) is 2.52. The summed E-state index contributed by atoms with van der Waals surface area (Å²) < 4.78 is 10.9. The number of rotatable bonds is 6. The van der Waals surface area contributed by atoms with Gasteiger partial charge < -0.3 is 19.7 Å². The van der Waals surface area contributed by atoms with Crippen LogP contribution in [0.15, 0.2) is 42.5 Å². The van der Waals surface area contributed by atoms with Gasteiger partial charge in [-0.1, -0.05) is 24.3 Å². The normalized spacial score (nSPS) is 10.3. The molecule has 2 aromatic rings. The molecule has 2 N–H and O–H groups in total. The van der Waals surface area contributed by atoms with E-state index >= 15 is 0 Å². The minimum atomic E-state index is -0.0988. The third-order valence-electron chi connectivity index (χ3n) is 3.07. The van der Waals surface area contributed by atoms with E-state index in [-0.39, 0.29) is 13.2 Å². The number of para-hydroxylation sites is 2. The Bertz CT molecular complexity index is 566. The van der Waals surface area contributed by atoms with E-state index in [4.69, 9.17) is 14.6 Å². The van der Waals surface area contributed by atoms with E-state index in [9.17, 15) is 5.11 Å². The van der Waals surface area contributed by atoms with Gasteiger partial charge in [0.05, 0.1) is 20.3 Å². The Morgan fingerprint density at radius 1 is 0.900 bits per heavy atom. The molecule has 0 bridgehead atoms. The van der Waals surface area contributed by atoms with Crippen LogP contribution in [0.5, 0.6) is 11.5 Å². The fourth-order valence-electron chi connectivity index (χ4n) is 1.97. The molecule has 4 heteroatoms. The fraction of sp³-hybridized carbons (Fsp3) is 0.250. The number of benzene rings is 2. The molecular weight excluding hydrogens is 256 g/mol. The minimum Gasteiger partial charge on any atom is -0.493 e. The molecule has 0 saturated carbocycles. The second kappa shape index (κ2) is 6.93. The fourth-order valence-corrected chi connectivity index (χ4v) is 1.97. The molecule has 0 aliphatic heterocycles. The molecular formula is C16H18O4. The van der Waals surface area contributed by atoms with Crippen molar-refractivity contribution in [1.82, 2.24) is 0 Å². The monoisotopic (exact) mass is 274 g/mol. The molecule has 0 radical (unpaired) electrons. The van der Waals surface area contributed by atoms with Crippen molar-refractivity contribution in [2.45, 2.75) is 19.8 Å². The van der Waals surface area contributed by atoms with Crippen LogP contribution in [0, 0.1) is 0 Å². The molecule has 0 saturated heterocycles. The Morgan fingerprint density at radius 2 is 1.60 bits per heavy atom. The van der Waals surface area contributed by atoms with Crippen LogP contribution < -0.4 is 9.47 Å². The molecule has 0 spiro atoms. The summed E-state index contributed by atoms with van der Waals surface area (Å²) >= 11 is 0. The summed E-state index contributed by atoms with van der Waals surface area (Å²) in [6.45, 7) is 0.195. The van der Waals surface area contributed by atoms with Crippen LogP contribution in [0.3, 0.4) is 0 Å². The van der Waals surface area contributed by atoms with E-state index in [1.165, 1.54) is 0 Å². The van der Waals surface area contributed by atoms with Gasteiger partial charge >= 0.3 is 0 Å². The van der Waals surface area contributed by atoms with E-state index < -0.39 is 0 Å². The highest BCUT2D eigenvalue weighted by atomic mass is 16.5. The Morgan fingerprint density at radius 3 is 2.25 bits per heavy atom. The van der Waals surface area contributed by atoms with Crippen molar-refractivity contribution >= 4 is 0 Å². The van der Waals surface area contributed by atoms with Crippen molar-refractivity contribution in [3.05, 3.63) is 59.2 Å². The van der Waals surface area contributed by atoms with Crippen molar-refractivity contribution in [2.75, 3.05) is 7.11 Å². The lowest BCUT2D eigenvalue weighted by Gasteiger charge is -2.12. The standard InChI is InChI=1S/C16H18O4/c1-19-15-4-2-3-5-16(15)20-11-12-6-7-13(9-17)14(8-12)10-18/h2-8,17-18H,9-11H2,1H3. The van der Waals surface area contributed by atoms with Crippen LogP contribution in [0.4, 0.5) is 0 Å². The zero-order valence-electron chi connectivity index (χ0n) is 11.4. The average molecular weight is 274 g/mol. The molecule has 0 aliphatic carbocycles. The smallest absolute Gasteiger partial charge is 0.161 e. The van der Waals surface area contributed by atoms with Gasteiger partial charge in [-0.05, 0) is 34.9 Å². The largest absolute Gasteiger partial charge is 0.493 e.